The number of hydrogen-bond acceptors (Lipinski definition) is 4. The quantitative estimate of drug-likeness (QED) is 0.888. The Bertz CT molecular complexity index is 767. The lowest BCUT2D eigenvalue weighted by Gasteiger charge is -2.19. The summed E-state index contributed by atoms with van der Waals surface area (Å²) in [6, 6.07) is 7.35. The van der Waals surface area contributed by atoms with Gasteiger partial charge in [-0.15, -0.1) is 0 Å². The van der Waals surface area contributed by atoms with Gasteiger partial charge in [-0.25, -0.2) is 4.79 Å². The average Bonchev–Trinajstić information content (AvgIpc) is 3.13. The van der Waals surface area contributed by atoms with Gasteiger partial charge in [0.2, 0.25) is 0 Å². The molecule has 0 spiro atoms. The number of rotatable bonds is 2. The van der Waals surface area contributed by atoms with Crippen LogP contribution < -0.4 is 10.6 Å². The maximum atomic E-state index is 12.4. The molecule has 2 aromatic rings. The van der Waals surface area contributed by atoms with Gasteiger partial charge in [0, 0.05) is 29.7 Å². The molecule has 1 aliphatic rings. The fourth-order valence-corrected chi connectivity index (χ4v) is 2.79. The molecule has 1 atom stereocenters. The minimum Gasteiger partial charge on any atom is -0.443 e. The van der Waals surface area contributed by atoms with Gasteiger partial charge in [-0.3, -0.25) is 9.36 Å². The highest BCUT2D eigenvalue weighted by Gasteiger charge is 2.21. The van der Waals surface area contributed by atoms with Crippen molar-refractivity contribution in [3.63, 3.8) is 0 Å². The highest BCUT2D eigenvalue weighted by Crippen LogP contribution is 2.20. The van der Waals surface area contributed by atoms with E-state index in [-0.39, 0.29) is 11.9 Å². The minimum atomic E-state index is -0.571. The van der Waals surface area contributed by atoms with Gasteiger partial charge in [-0.2, -0.15) is 0 Å². The summed E-state index contributed by atoms with van der Waals surface area (Å²) in [5.74, 6) is -0.123. The molecular weight excluding hydrogens is 306 g/mol. The molecule has 2 heterocycles. The molecule has 1 aliphatic heterocycles. The van der Waals surface area contributed by atoms with Crippen molar-refractivity contribution in [2.45, 2.75) is 38.8 Å². The Hall–Kier alpha value is -2.34. The normalized spacial score (nSPS) is 17.9. The molecule has 1 aromatic carbocycles. The lowest BCUT2D eigenvalue weighted by atomic mass is 10.1. The molecule has 0 radical (unpaired) electrons. The second kappa shape index (κ2) is 6.28. The standard InChI is InChI=1S/C18H23N3O3/c1-18(2,3)24-17(23)21-9-7-12-4-5-13(10-15(12)21)16(22)20-14-6-8-19-11-14/h4-5,7,9-10,14,19H,6,8,11H2,1-3H3,(H,20,22)/t14-/m0/s1. The predicted molar refractivity (Wildman–Crippen MR) is 92.3 cm³/mol. The number of aromatic nitrogens is 1. The number of nitrogens with one attached hydrogen (secondary N) is 2. The maximum absolute atomic E-state index is 12.4. The third-order valence-corrected chi connectivity index (χ3v) is 3.94. The Morgan fingerprint density at radius 1 is 1.29 bits per heavy atom. The van der Waals surface area contributed by atoms with Gasteiger partial charge in [0.05, 0.1) is 5.52 Å². The van der Waals surface area contributed by atoms with E-state index in [1.807, 2.05) is 32.9 Å². The van der Waals surface area contributed by atoms with E-state index in [0.29, 0.717) is 11.1 Å². The van der Waals surface area contributed by atoms with Gasteiger partial charge in [0.15, 0.2) is 0 Å². The molecule has 0 bridgehead atoms. The van der Waals surface area contributed by atoms with Crippen LogP contribution in [0, 0.1) is 0 Å². The van der Waals surface area contributed by atoms with Crippen LogP contribution in [0.5, 0.6) is 0 Å². The van der Waals surface area contributed by atoms with Crippen molar-refractivity contribution in [1.82, 2.24) is 15.2 Å². The topological polar surface area (TPSA) is 72.4 Å². The maximum Gasteiger partial charge on any atom is 0.418 e. The number of hydrogen-bond donors (Lipinski definition) is 2. The molecule has 1 aromatic heterocycles. The Kier molecular flexibility index (Phi) is 4.32. The number of carbonyl (C=O) groups is 2. The van der Waals surface area contributed by atoms with Crippen LogP contribution in [-0.4, -0.2) is 41.3 Å². The first-order valence-electron chi connectivity index (χ1n) is 8.19. The Morgan fingerprint density at radius 2 is 2.08 bits per heavy atom. The molecule has 24 heavy (non-hydrogen) atoms. The van der Waals surface area contributed by atoms with Crippen LogP contribution >= 0.6 is 0 Å². The van der Waals surface area contributed by atoms with Gasteiger partial charge in [-0.1, -0.05) is 6.07 Å². The molecule has 1 amide bonds. The fraction of sp³-hybridized carbons (Fsp3) is 0.444. The molecule has 0 unspecified atom stereocenters. The molecule has 6 heteroatoms. The van der Waals surface area contributed by atoms with Crippen LogP contribution in [0.4, 0.5) is 4.79 Å². The zero-order chi connectivity index (χ0) is 17.3. The van der Waals surface area contributed by atoms with Crippen molar-refractivity contribution in [1.29, 1.82) is 0 Å². The van der Waals surface area contributed by atoms with Crippen LogP contribution in [0.25, 0.3) is 10.9 Å². The van der Waals surface area contributed by atoms with Gasteiger partial charge < -0.3 is 15.4 Å². The number of ether oxygens (including phenoxy) is 1. The third kappa shape index (κ3) is 3.59. The van der Waals surface area contributed by atoms with Crippen molar-refractivity contribution in [2.75, 3.05) is 13.1 Å². The zero-order valence-corrected chi connectivity index (χ0v) is 14.3. The largest absolute Gasteiger partial charge is 0.443 e. The van der Waals surface area contributed by atoms with E-state index in [0.717, 1.165) is 24.9 Å². The second-order valence-corrected chi connectivity index (χ2v) is 7.10. The van der Waals surface area contributed by atoms with E-state index in [1.165, 1.54) is 4.57 Å². The van der Waals surface area contributed by atoms with E-state index in [2.05, 4.69) is 10.6 Å². The molecule has 3 rings (SSSR count). The van der Waals surface area contributed by atoms with E-state index in [9.17, 15) is 9.59 Å². The Morgan fingerprint density at radius 3 is 2.75 bits per heavy atom. The highest BCUT2D eigenvalue weighted by molar-refractivity contribution is 5.99. The summed E-state index contributed by atoms with van der Waals surface area (Å²) in [6.07, 6.45) is 2.15. The van der Waals surface area contributed by atoms with E-state index >= 15 is 0 Å². The predicted octanol–water partition coefficient (Wildman–Crippen LogP) is 2.52. The van der Waals surface area contributed by atoms with Crippen molar-refractivity contribution >= 4 is 22.9 Å². The molecule has 0 saturated carbocycles. The van der Waals surface area contributed by atoms with E-state index in [1.54, 1.807) is 18.3 Å². The number of nitrogens with zero attached hydrogens (tertiary/aromatic N) is 1. The summed E-state index contributed by atoms with van der Waals surface area (Å²) in [5.41, 5.74) is 0.636. The van der Waals surface area contributed by atoms with Gasteiger partial charge >= 0.3 is 6.09 Å². The summed E-state index contributed by atoms with van der Waals surface area (Å²) < 4.78 is 6.85. The lowest BCUT2D eigenvalue weighted by Crippen LogP contribution is -2.36. The first-order chi connectivity index (χ1) is 11.3. The van der Waals surface area contributed by atoms with E-state index in [4.69, 9.17) is 4.74 Å². The summed E-state index contributed by atoms with van der Waals surface area (Å²) in [7, 11) is 0. The number of benzene rings is 1. The minimum absolute atomic E-state index is 0.123. The molecule has 128 valence electrons. The van der Waals surface area contributed by atoms with Crippen molar-refractivity contribution in [3.05, 3.63) is 36.0 Å². The van der Waals surface area contributed by atoms with E-state index < -0.39 is 11.7 Å². The van der Waals surface area contributed by atoms with Crippen LogP contribution in [0.3, 0.4) is 0 Å². The third-order valence-electron chi connectivity index (χ3n) is 3.94. The fourth-order valence-electron chi connectivity index (χ4n) is 2.79. The molecule has 1 fully saturated rings. The number of amides is 1. The van der Waals surface area contributed by atoms with Crippen LogP contribution in [0.15, 0.2) is 30.5 Å². The van der Waals surface area contributed by atoms with Crippen molar-refractivity contribution in [3.8, 4) is 0 Å². The number of carbonyl (C=O) groups excluding carboxylic acids is 2. The number of fused-ring (bicyclic) bond motifs is 1. The zero-order valence-electron chi connectivity index (χ0n) is 14.3. The molecule has 2 N–H and O–H groups in total. The molecule has 1 saturated heterocycles. The van der Waals surface area contributed by atoms with Crippen LogP contribution in [0.1, 0.15) is 37.6 Å². The molecule has 0 aliphatic carbocycles. The highest BCUT2D eigenvalue weighted by atomic mass is 16.6. The Labute approximate surface area is 141 Å². The van der Waals surface area contributed by atoms with Crippen LogP contribution in [0.2, 0.25) is 0 Å². The van der Waals surface area contributed by atoms with Gasteiger partial charge in [0.25, 0.3) is 5.91 Å². The van der Waals surface area contributed by atoms with Gasteiger partial charge in [0.1, 0.15) is 5.60 Å². The molecule has 6 nitrogen and oxygen atoms in total. The second-order valence-electron chi connectivity index (χ2n) is 7.10. The van der Waals surface area contributed by atoms with Crippen molar-refractivity contribution in [2.24, 2.45) is 0 Å². The summed E-state index contributed by atoms with van der Waals surface area (Å²) in [6.45, 7) is 7.19. The summed E-state index contributed by atoms with van der Waals surface area (Å²) >= 11 is 0. The first kappa shape index (κ1) is 16.5. The average molecular weight is 329 g/mol. The summed E-state index contributed by atoms with van der Waals surface area (Å²) in [5, 5.41) is 7.12. The SMILES string of the molecule is CC(C)(C)OC(=O)n1ccc2ccc(C(=O)N[C@H]3CCNC3)cc21. The Balaban J connectivity index is 1.85. The smallest absolute Gasteiger partial charge is 0.418 e. The summed E-state index contributed by atoms with van der Waals surface area (Å²) in [4.78, 5) is 24.7. The molecular formula is C18H23N3O3. The van der Waals surface area contributed by atoms with Gasteiger partial charge in [-0.05, 0) is 51.9 Å². The van der Waals surface area contributed by atoms with Crippen LogP contribution in [-0.2, 0) is 4.74 Å². The lowest BCUT2D eigenvalue weighted by molar-refractivity contribution is 0.0544. The van der Waals surface area contributed by atoms with Crippen molar-refractivity contribution < 1.29 is 14.3 Å². The first-order valence-corrected chi connectivity index (χ1v) is 8.19. The monoisotopic (exact) mass is 329 g/mol.